The van der Waals surface area contributed by atoms with Gasteiger partial charge in [-0.05, 0) is 57.7 Å². The van der Waals surface area contributed by atoms with E-state index in [1.165, 1.54) is 71.1 Å². The van der Waals surface area contributed by atoms with Crippen molar-refractivity contribution < 1.29 is 0 Å². The van der Waals surface area contributed by atoms with E-state index in [1.54, 1.807) is 0 Å². The molecule has 1 aliphatic heterocycles. The van der Waals surface area contributed by atoms with Crippen molar-refractivity contribution in [3.05, 3.63) is 0 Å². The van der Waals surface area contributed by atoms with Crippen molar-refractivity contribution in [2.75, 3.05) is 26.2 Å². The van der Waals surface area contributed by atoms with Gasteiger partial charge in [-0.2, -0.15) is 0 Å². The van der Waals surface area contributed by atoms with E-state index >= 15 is 0 Å². The highest BCUT2D eigenvalue weighted by molar-refractivity contribution is 4.80. The average molecular weight is 224 g/mol. The molecule has 2 aliphatic rings. The second kappa shape index (κ2) is 6.61. The summed E-state index contributed by atoms with van der Waals surface area (Å²) in [6.07, 6.45) is 9.86. The van der Waals surface area contributed by atoms with Crippen LogP contribution in [-0.4, -0.2) is 37.1 Å². The van der Waals surface area contributed by atoms with Gasteiger partial charge in [-0.1, -0.05) is 19.8 Å². The van der Waals surface area contributed by atoms with Gasteiger partial charge >= 0.3 is 0 Å². The Morgan fingerprint density at radius 2 is 2.00 bits per heavy atom. The SMILES string of the molecule is CCC1CCN(CCCCCNC2CC2)C1. The lowest BCUT2D eigenvalue weighted by Crippen LogP contribution is -2.22. The minimum Gasteiger partial charge on any atom is -0.314 e. The molecule has 0 aromatic heterocycles. The molecule has 0 bridgehead atoms. The van der Waals surface area contributed by atoms with E-state index in [0.29, 0.717) is 0 Å². The standard InChI is InChI=1S/C14H28N2/c1-2-13-8-11-16(12-13)10-5-3-4-9-15-14-6-7-14/h13-15H,2-12H2,1H3. The summed E-state index contributed by atoms with van der Waals surface area (Å²) in [6, 6.07) is 0.892. The summed E-state index contributed by atoms with van der Waals surface area (Å²) in [5.41, 5.74) is 0. The van der Waals surface area contributed by atoms with E-state index in [2.05, 4.69) is 17.1 Å². The van der Waals surface area contributed by atoms with Gasteiger partial charge in [0.15, 0.2) is 0 Å². The number of unbranched alkanes of at least 4 members (excludes halogenated alkanes) is 2. The Morgan fingerprint density at radius 1 is 1.12 bits per heavy atom. The van der Waals surface area contributed by atoms with Gasteiger partial charge in [0.25, 0.3) is 0 Å². The van der Waals surface area contributed by atoms with Gasteiger partial charge in [-0.25, -0.2) is 0 Å². The van der Waals surface area contributed by atoms with Crippen LogP contribution < -0.4 is 5.32 Å². The molecule has 2 fully saturated rings. The van der Waals surface area contributed by atoms with Gasteiger partial charge in [-0.3, -0.25) is 0 Å². The highest BCUT2D eigenvalue weighted by Crippen LogP contribution is 2.20. The number of nitrogens with one attached hydrogen (secondary N) is 1. The molecule has 2 rings (SSSR count). The molecule has 2 nitrogen and oxygen atoms in total. The predicted octanol–water partition coefficient (Wildman–Crippen LogP) is 2.64. The van der Waals surface area contributed by atoms with Crippen molar-refractivity contribution in [3.8, 4) is 0 Å². The highest BCUT2D eigenvalue weighted by Gasteiger charge is 2.20. The molecule has 1 aliphatic carbocycles. The quantitative estimate of drug-likeness (QED) is 0.638. The molecule has 0 amide bonds. The van der Waals surface area contributed by atoms with Crippen LogP contribution >= 0.6 is 0 Å². The van der Waals surface area contributed by atoms with Crippen molar-refractivity contribution in [1.29, 1.82) is 0 Å². The molecule has 1 heterocycles. The maximum absolute atomic E-state index is 3.59. The lowest BCUT2D eigenvalue weighted by Gasteiger charge is -2.15. The van der Waals surface area contributed by atoms with Crippen LogP contribution in [0.5, 0.6) is 0 Å². The van der Waals surface area contributed by atoms with E-state index in [9.17, 15) is 0 Å². The number of likely N-dealkylation sites (tertiary alicyclic amines) is 1. The Kier molecular flexibility index (Phi) is 5.11. The summed E-state index contributed by atoms with van der Waals surface area (Å²) in [4.78, 5) is 2.67. The molecule has 1 N–H and O–H groups in total. The van der Waals surface area contributed by atoms with Gasteiger partial charge in [0, 0.05) is 12.6 Å². The van der Waals surface area contributed by atoms with Gasteiger partial charge in [0.1, 0.15) is 0 Å². The molecule has 0 aromatic carbocycles. The maximum atomic E-state index is 3.59. The number of rotatable bonds is 8. The lowest BCUT2D eigenvalue weighted by atomic mass is 10.1. The van der Waals surface area contributed by atoms with E-state index < -0.39 is 0 Å². The molecule has 1 saturated heterocycles. The Morgan fingerprint density at radius 3 is 2.69 bits per heavy atom. The molecule has 0 aromatic rings. The first kappa shape index (κ1) is 12.4. The van der Waals surface area contributed by atoms with Crippen LogP contribution in [0, 0.1) is 5.92 Å². The Hall–Kier alpha value is -0.0800. The van der Waals surface area contributed by atoms with E-state index in [-0.39, 0.29) is 0 Å². The first-order valence-electron chi connectivity index (χ1n) is 7.34. The molecule has 1 atom stereocenters. The minimum absolute atomic E-state index is 0.892. The van der Waals surface area contributed by atoms with Crippen molar-refractivity contribution in [1.82, 2.24) is 10.2 Å². The van der Waals surface area contributed by atoms with Gasteiger partial charge in [-0.15, -0.1) is 0 Å². The monoisotopic (exact) mass is 224 g/mol. The van der Waals surface area contributed by atoms with E-state index in [0.717, 1.165) is 12.0 Å². The third-order valence-corrected chi connectivity index (χ3v) is 4.11. The molecule has 94 valence electrons. The van der Waals surface area contributed by atoms with Crippen LogP contribution in [0.3, 0.4) is 0 Å². The Labute approximate surface area is 101 Å². The zero-order chi connectivity index (χ0) is 11.2. The predicted molar refractivity (Wildman–Crippen MR) is 69.7 cm³/mol. The number of hydrogen-bond donors (Lipinski definition) is 1. The molecule has 0 spiro atoms. The zero-order valence-corrected chi connectivity index (χ0v) is 10.9. The van der Waals surface area contributed by atoms with Crippen molar-refractivity contribution in [3.63, 3.8) is 0 Å². The fraction of sp³-hybridized carbons (Fsp3) is 1.00. The molecule has 0 radical (unpaired) electrons. The molecular weight excluding hydrogens is 196 g/mol. The van der Waals surface area contributed by atoms with E-state index in [4.69, 9.17) is 0 Å². The van der Waals surface area contributed by atoms with Crippen molar-refractivity contribution >= 4 is 0 Å². The Balaban J connectivity index is 1.39. The summed E-state index contributed by atoms with van der Waals surface area (Å²) in [5, 5.41) is 3.59. The fourth-order valence-electron chi connectivity index (χ4n) is 2.68. The maximum Gasteiger partial charge on any atom is 0.00682 e. The van der Waals surface area contributed by atoms with Crippen LogP contribution in [0.4, 0.5) is 0 Å². The first-order valence-corrected chi connectivity index (χ1v) is 7.34. The highest BCUT2D eigenvalue weighted by atomic mass is 15.1. The van der Waals surface area contributed by atoms with Crippen LogP contribution in [0.25, 0.3) is 0 Å². The first-order chi connectivity index (χ1) is 7.88. The number of nitrogens with zero attached hydrogens (tertiary/aromatic N) is 1. The zero-order valence-electron chi connectivity index (χ0n) is 10.9. The summed E-state index contributed by atoms with van der Waals surface area (Å²) in [6.45, 7) is 7.66. The second-order valence-electron chi connectivity index (χ2n) is 5.65. The molecule has 16 heavy (non-hydrogen) atoms. The third-order valence-electron chi connectivity index (χ3n) is 4.11. The van der Waals surface area contributed by atoms with Crippen LogP contribution in [0.2, 0.25) is 0 Å². The second-order valence-corrected chi connectivity index (χ2v) is 5.65. The van der Waals surface area contributed by atoms with Crippen LogP contribution in [0.1, 0.15) is 51.9 Å². The lowest BCUT2D eigenvalue weighted by molar-refractivity contribution is 0.313. The topological polar surface area (TPSA) is 15.3 Å². The van der Waals surface area contributed by atoms with Gasteiger partial charge in [0.2, 0.25) is 0 Å². The van der Waals surface area contributed by atoms with Crippen LogP contribution in [-0.2, 0) is 0 Å². The summed E-state index contributed by atoms with van der Waals surface area (Å²) < 4.78 is 0. The summed E-state index contributed by atoms with van der Waals surface area (Å²) in [7, 11) is 0. The fourth-order valence-corrected chi connectivity index (χ4v) is 2.68. The molecule has 1 saturated carbocycles. The third kappa shape index (κ3) is 4.42. The van der Waals surface area contributed by atoms with Crippen molar-refractivity contribution in [2.24, 2.45) is 5.92 Å². The average Bonchev–Trinajstić information content (AvgIpc) is 3.01. The van der Waals surface area contributed by atoms with Crippen LogP contribution in [0.15, 0.2) is 0 Å². The summed E-state index contributed by atoms with van der Waals surface area (Å²) >= 11 is 0. The molecule has 2 heteroatoms. The number of hydrogen-bond acceptors (Lipinski definition) is 2. The molecular formula is C14H28N2. The summed E-state index contributed by atoms with van der Waals surface area (Å²) in [5.74, 6) is 0.997. The van der Waals surface area contributed by atoms with Gasteiger partial charge < -0.3 is 10.2 Å². The normalized spacial score (nSPS) is 26.4. The minimum atomic E-state index is 0.892. The smallest absolute Gasteiger partial charge is 0.00682 e. The van der Waals surface area contributed by atoms with Gasteiger partial charge in [0.05, 0.1) is 0 Å². The largest absolute Gasteiger partial charge is 0.314 e. The van der Waals surface area contributed by atoms with E-state index in [1.807, 2.05) is 0 Å². The van der Waals surface area contributed by atoms with Crippen molar-refractivity contribution in [2.45, 2.75) is 57.9 Å². The Bertz CT molecular complexity index is 189. The molecule has 1 unspecified atom stereocenters.